The minimum absolute atomic E-state index is 0.0100. The SMILES string of the molecule is CC(C)C(N)C(=O)N[C@H]1CCCCC/C=C/[C@@H]2C[C@@]2(C(=O)O)NC(=O)[C@@H]2C[C@@H](OC(=O)N3CCc4ccccc4C3)CN2C1=O. The van der Waals surface area contributed by atoms with Gasteiger partial charge < -0.3 is 36.0 Å². The smallest absolute Gasteiger partial charge is 0.410 e. The first kappa shape index (κ1) is 32.5. The number of hydrogen-bond acceptors (Lipinski definition) is 7. The summed E-state index contributed by atoms with van der Waals surface area (Å²) in [5.41, 5.74) is 6.87. The van der Waals surface area contributed by atoms with Crippen molar-refractivity contribution < 1.29 is 33.8 Å². The zero-order chi connectivity index (χ0) is 32.3. The van der Waals surface area contributed by atoms with Gasteiger partial charge >= 0.3 is 12.1 Å². The first-order valence-corrected chi connectivity index (χ1v) is 16.1. The van der Waals surface area contributed by atoms with Gasteiger partial charge in [-0.2, -0.15) is 0 Å². The fourth-order valence-electron chi connectivity index (χ4n) is 6.59. The molecule has 4 aliphatic rings. The lowest BCUT2D eigenvalue weighted by Crippen LogP contribution is -2.57. The number of carboxylic acids is 1. The maximum Gasteiger partial charge on any atom is 0.410 e. The number of carboxylic acid groups (broad SMARTS) is 1. The molecular formula is C33H45N5O7. The van der Waals surface area contributed by atoms with Crippen molar-refractivity contribution in [2.24, 2.45) is 17.6 Å². The van der Waals surface area contributed by atoms with Crippen LogP contribution in [0.5, 0.6) is 0 Å². The summed E-state index contributed by atoms with van der Waals surface area (Å²) in [7, 11) is 0. The van der Waals surface area contributed by atoms with Crippen LogP contribution >= 0.6 is 0 Å². The number of ether oxygens (including phenoxy) is 1. The average molecular weight is 624 g/mol. The Morgan fingerprint density at radius 3 is 2.62 bits per heavy atom. The lowest BCUT2D eigenvalue weighted by atomic mass is 10.0. The van der Waals surface area contributed by atoms with Crippen molar-refractivity contribution in [3.8, 4) is 0 Å². The maximum atomic E-state index is 14.1. The molecule has 0 bridgehead atoms. The van der Waals surface area contributed by atoms with Crippen molar-refractivity contribution in [2.45, 2.75) is 102 Å². The van der Waals surface area contributed by atoms with Gasteiger partial charge in [0.25, 0.3) is 0 Å². The number of nitrogens with one attached hydrogen (secondary N) is 2. The molecule has 45 heavy (non-hydrogen) atoms. The summed E-state index contributed by atoms with van der Waals surface area (Å²) >= 11 is 0. The van der Waals surface area contributed by atoms with E-state index in [4.69, 9.17) is 10.5 Å². The molecule has 2 fully saturated rings. The van der Waals surface area contributed by atoms with Crippen molar-refractivity contribution in [1.82, 2.24) is 20.4 Å². The van der Waals surface area contributed by atoms with Crippen LogP contribution in [-0.4, -0.2) is 87.5 Å². The Labute approximate surface area is 263 Å². The first-order chi connectivity index (χ1) is 21.5. The van der Waals surface area contributed by atoms with E-state index in [1.165, 1.54) is 10.5 Å². The van der Waals surface area contributed by atoms with Gasteiger partial charge in [0.15, 0.2) is 0 Å². The Kier molecular flexibility index (Phi) is 9.81. The van der Waals surface area contributed by atoms with E-state index in [0.29, 0.717) is 32.4 Å². The van der Waals surface area contributed by atoms with Crippen molar-refractivity contribution >= 4 is 29.8 Å². The number of nitrogens with two attached hydrogens (primary N) is 1. The lowest BCUT2D eigenvalue weighted by Gasteiger charge is -2.30. The highest BCUT2D eigenvalue weighted by molar-refractivity contribution is 5.96. The molecule has 1 saturated heterocycles. The Balaban J connectivity index is 1.37. The summed E-state index contributed by atoms with van der Waals surface area (Å²) in [6, 6.07) is 5.07. The quantitative estimate of drug-likeness (QED) is 0.361. The van der Waals surface area contributed by atoms with Crippen LogP contribution in [0.2, 0.25) is 0 Å². The Morgan fingerprint density at radius 1 is 1.13 bits per heavy atom. The second-order valence-corrected chi connectivity index (χ2v) is 13.2. The summed E-state index contributed by atoms with van der Waals surface area (Å²) in [6.45, 7) is 4.46. The molecule has 6 atom stereocenters. The molecule has 244 valence electrons. The van der Waals surface area contributed by atoms with Gasteiger partial charge in [-0.1, -0.05) is 63.1 Å². The maximum absolute atomic E-state index is 14.1. The molecule has 12 heteroatoms. The van der Waals surface area contributed by atoms with Crippen LogP contribution in [0.4, 0.5) is 4.79 Å². The Morgan fingerprint density at radius 2 is 1.89 bits per heavy atom. The molecular weight excluding hydrogens is 578 g/mol. The van der Waals surface area contributed by atoms with Gasteiger partial charge in [0, 0.05) is 25.4 Å². The van der Waals surface area contributed by atoms with E-state index in [9.17, 15) is 29.1 Å². The summed E-state index contributed by atoms with van der Waals surface area (Å²) in [4.78, 5) is 69.4. The third kappa shape index (κ3) is 7.16. The average Bonchev–Trinajstić information content (AvgIpc) is 3.56. The van der Waals surface area contributed by atoms with E-state index >= 15 is 0 Å². The number of benzene rings is 1. The molecule has 3 aliphatic heterocycles. The minimum Gasteiger partial charge on any atom is -0.479 e. The summed E-state index contributed by atoms with van der Waals surface area (Å²) in [5.74, 6) is -3.19. The molecule has 3 heterocycles. The fraction of sp³-hybridized carbons (Fsp3) is 0.606. The highest BCUT2D eigenvalue weighted by Crippen LogP contribution is 2.45. The molecule has 1 aromatic carbocycles. The number of hydrogen-bond donors (Lipinski definition) is 4. The predicted molar refractivity (Wildman–Crippen MR) is 165 cm³/mol. The normalized spacial score (nSPS) is 30.0. The first-order valence-electron chi connectivity index (χ1n) is 16.1. The number of rotatable bonds is 5. The van der Waals surface area contributed by atoms with E-state index in [2.05, 4.69) is 10.6 Å². The van der Waals surface area contributed by atoms with Crippen molar-refractivity contribution in [2.75, 3.05) is 13.1 Å². The molecule has 0 spiro atoms. The van der Waals surface area contributed by atoms with Crippen molar-refractivity contribution in [1.29, 1.82) is 0 Å². The fourth-order valence-corrected chi connectivity index (χ4v) is 6.59. The van der Waals surface area contributed by atoms with E-state index in [1.807, 2.05) is 50.3 Å². The van der Waals surface area contributed by atoms with Gasteiger partial charge in [-0.25, -0.2) is 9.59 Å². The van der Waals surface area contributed by atoms with Crippen LogP contribution < -0.4 is 16.4 Å². The second kappa shape index (κ2) is 13.6. The number of carbonyl (C=O) groups excluding carboxylic acids is 4. The van der Waals surface area contributed by atoms with Gasteiger partial charge in [0.2, 0.25) is 17.7 Å². The number of aliphatic carboxylic acids is 1. The zero-order valence-corrected chi connectivity index (χ0v) is 26.1. The number of fused-ring (bicyclic) bond motifs is 3. The van der Waals surface area contributed by atoms with Crippen molar-refractivity contribution in [3.05, 3.63) is 47.5 Å². The number of nitrogens with zero attached hydrogens (tertiary/aromatic N) is 2. The van der Waals surface area contributed by atoms with Crippen LogP contribution in [0.25, 0.3) is 0 Å². The predicted octanol–water partition coefficient (Wildman–Crippen LogP) is 2.10. The molecule has 1 aromatic rings. The third-order valence-corrected chi connectivity index (χ3v) is 9.61. The second-order valence-electron chi connectivity index (χ2n) is 13.2. The number of allylic oxidation sites excluding steroid dienone is 1. The molecule has 12 nitrogen and oxygen atoms in total. The Hall–Kier alpha value is -3.93. The van der Waals surface area contributed by atoms with Gasteiger partial charge in [0.1, 0.15) is 23.7 Å². The van der Waals surface area contributed by atoms with E-state index in [-0.39, 0.29) is 31.2 Å². The molecule has 1 aliphatic carbocycles. The third-order valence-electron chi connectivity index (χ3n) is 9.61. The highest BCUT2D eigenvalue weighted by Gasteiger charge is 2.61. The molecule has 5 N–H and O–H groups in total. The van der Waals surface area contributed by atoms with E-state index in [1.54, 1.807) is 4.90 Å². The minimum atomic E-state index is -1.45. The Bertz CT molecular complexity index is 1350. The topological polar surface area (TPSA) is 171 Å². The number of carbonyl (C=O) groups is 5. The van der Waals surface area contributed by atoms with Crippen LogP contribution in [0, 0.1) is 11.8 Å². The molecule has 4 amide bonds. The van der Waals surface area contributed by atoms with Gasteiger partial charge in [-0.15, -0.1) is 0 Å². The molecule has 1 unspecified atom stereocenters. The summed E-state index contributed by atoms with van der Waals surface area (Å²) in [5, 5.41) is 15.6. The van der Waals surface area contributed by atoms with Crippen molar-refractivity contribution in [3.63, 3.8) is 0 Å². The zero-order valence-electron chi connectivity index (χ0n) is 26.1. The standard InChI is InChI=1S/C33H45N5O7/c1-20(2)27(34)29(40)35-25-13-7-5-3-4-6-12-23-17-33(23,31(42)43)36-28(39)26-16-24(19-38(26)30(25)41)45-32(44)37-15-14-21-10-8-9-11-22(21)18-37/h6,8-12,20,23-27H,3-5,7,13-19,34H2,1-2H3,(H,35,40)(H,36,39)(H,42,43)/b12-6+/t23-,24-,25+,26+,27?,33-/m1/s1. The van der Waals surface area contributed by atoms with Gasteiger partial charge in [0.05, 0.1) is 12.6 Å². The van der Waals surface area contributed by atoms with Crippen LogP contribution in [-0.2, 0) is 36.9 Å². The van der Waals surface area contributed by atoms with E-state index < -0.39 is 59.6 Å². The van der Waals surface area contributed by atoms with Crippen LogP contribution in [0.3, 0.4) is 0 Å². The molecule has 0 radical (unpaired) electrons. The molecule has 5 rings (SSSR count). The summed E-state index contributed by atoms with van der Waals surface area (Å²) in [6.07, 6.45) is 6.81. The number of amides is 4. The molecule has 0 aromatic heterocycles. The van der Waals surface area contributed by atoms with Crippen LogP contribution in [0.1, 0.15) is 69.9 Å². The van der Waals surface area contributed by atoms with Gasteiger partial charge in [-0.05, 0) is 49.1 Å². The van der Waals surface area contributed by atoms with E-state index in [0.717, 1.165) is 24.8 Å². The van der Waals surface area contributed by atoms with Gasteiger partial charge in [-0.3, -0.25) is 14.4 Å². The largest absolute Gasteiger partial charge is 0.479 e. The highest BCUT2D eigenvalue weighted by atomic mass is 16.6. The summed E-state index contributed by atoms with van der Waals surface area (Å²) < 4.78 is 5.88. The lowest BCUT2D eigenvalue weighted by molar-refractivity contribution is -0.146. The molecule has 1 saturated carbocycles. The monoisotopic (exact) mass is 623 g/mol. The van der Waals surface area contributed by atoms with Crippen LogP contribution in [0.15, 0.2) is 36.4 Å².